The molecule has 3 aromatic heterocycles. The van der Waals surface area contributed by atoms with Gasteiger partial charge in [0.25, 0.3) is 0 Å². The first-order chi connectivity index (χ1) is 16.4. The Kier molecular flexibility index (Phi) is 4.72. The Morgan fingerprint density at radius 2 is 1.94 bits per heavy atom. The summed E-state index contributed by atoms with van der Waals surface area (Å²) in [5, 5.41) is 3.51. The summed E-state index contributed by atoms with van der Waals surface area (Å²) in [6, 6.07) is 10.5. The second-order valence-electron chi connectivity index (χ2n) is 9.92. The van der Waals surface area contributed by atoms with Crippen LogP contribution in [0.4, 0.5) is 5.95 Å². The molecule has 1 N–H and O–H groups in total. The molecule has 8 heteroatoms. The third kappa shape index (κ3) is 3.63. The van der Waals surface area contributed by atoms with Gasteiger partial charge >= 0.3 is 5.69 Å². The highest BCUT2D eigenvalue weighted by molar-refractivity contribution is 5.44. The van der Waals surface area contributed by atoms with E-state index in [0.29, 0.717) is 11.8 Å². The van der Waals surface area contributed by atoms with Crippen molar-refractivity contribution in [3.8, 4) is 11.5 Å². The van der Waals surface area contributed by atoms with Crippen LogP contribution < -0.4 is 11.0 Å². The number of anilines is 1. The van der Waals surface area contributed by atoms with Gasteiger partial charge in [0.15, 0.2) is 0 Å². The molecule has 0 saturated heterocycles. The van der Waals surface area contributed by atoms with Crippen LogP contribution in [-0.2, 0) is 12.6 Å². The average Bonchev–Trinajstić information content (AvgIpc) is 3.75. The maximum atomic E-state index is 12.8. The summed E-state index contributed by atoms with van der Waals surface area (Å²) >= 11 is 0. The minimum Gasteiger partial charge on any atom is -0.343 e. The molecule has 2 aliphatic carbocycles. The van der Waals surface area contributed by atoms with E-state index in [1.165, 1.54) is 18.4 Å². The summed E-state index contributed by atoms with van der Waals surface area (Å²) in [4.78, 5) is 26.7. The molecule has 174 valence electrons. The second-order valence-corrected chi connectivity index (χ2v) is 9.92. The number of nitrogens with one attached hydrogen (secondary N) is 1. The van der Waals surface area contributed by atoms with E-state index in [2.05, 4.69) is 59.2 Å². The first-order valence-electron chi connectivity index (χ1n) is 12.0. The van der Waals surface area contributed by atoms with Crippen LogP contribution in [-0.4, -0.2) is 28.7 Å². The fraction of sp³-hybridized carbons (Fsp3) is 0.385. The molecule has 6 rings (SSSR count). The Balaban J connectivity index is 1.28. The van der Waals surface area contributed by atoms with Gasteiger partial charge in [-0.1, -0.05) is 26.0 Å². The topological polar surface area (TPSA) is 82.6 Å². The third-order valence-electron chi connectivity index (χ3n) is 6.93. The summed E-state index contributed by atoms with van der Waals surface area (Å²) < 4.78 is 5.36. The highest BCUT2D eigenvalue weighted by Crippen LogP contribution is 2.47. The van der Waals surface area contributed by atoms with E-state index in [4.69, 9.17) is 9.97 Å². The second kappa shape index (κ2) is 7.68. The van der Waals surface area contributed by atoms with Gasteiger partial charge in [-0.05, 0) is 55.2 Å². The lowest BCUT2D eigenvalue weighted by atomic mass is 10.1. The van der Waals surface area contributed by atoms with Crippen LogP contribution in [0, 0.1) is 0 Å². The predicted octanol–water partition coefficient (Wildman–Crippen LogP) is 4.25. The lowest BCUT2D eigenvalue weighted by Gasteiger charge is -2.16. The third-order valence-corrected chi connectivity index (χ3v) is 6.93. The molecule has 0 radical (unpaired) electrons. The monoisotopic (exact) mass is 455 g/mol. The van der Waals surface area contributed by atoms with Gasteiger partial charge < -0.3 is 14.5 Å². The Hall–Kier alpha value is -3.68. The van der Waals surface area contributed by atoms with Gasteiger partial charge in [-0.3, -0.25) is 0 Å². The fourth-order valence-corrected chi connectivity index (χ4v) is 4.60. The molecule has 0 aliphatic heterocycles. The Bertz CT molecular complexity index is 1420. The van der Waals surface area contributed by atoms with E-state index in [9.17, 15) is 4.79 Å². The molecule has 34 heavy (non-hydrogen) atoms. The molecule has 8 nitrogen and oxygen atoms in total. The van der Waals surface area contributed by atoms with Gasteiger partial charge in [0.2, 0.25) is 5.95 Å². The number of aryl methyl sites for hydroxylation is 1. The van der Waals surface area contributed by atoms with E-state index >= 15 is 0 Å². The van der Waals surface area contributed by atoms with Crippen molar-refractivity contribution in [2.24, 2.45) is 7.05 Å². The Morgan fingerprint density at radius 3 is 2.68 bits per heavy atom. The summed E-state index contributed by atoms with van der Waals surface area (Å²) in [6.45, 7) is 4.14. The molecule has 2 aliphatic rings. The first-order valence-corrected chi connectivity index (χ1v) is 12.0. The zero-order valence-corrected chi connectivity index (χ0v) is 19.8. The molecule has 0 atom stereocenters. The lowest BCUT2D eigenvalue weighted by Crippen LogP contribution is -2.25. The van der Waals surface area contributed by atoms with Crippen LogP contribution in [0.15, 0.2) is 60.0 Å². The molecular weight excluding hydrogens is 426 g/mol. The standard InChI is InChI=1S/C26H29N7O/c1-17(2)21-14-31(3)25(34)33(21)23-9-12-27-24(29-23)30-26(10-11-26)22-15-32(16-28-22)20-6-4-5-19(13-20)18-7-8-18/h4-6,9,12-18H,7-8,10-11H2,1-3H3,(H,27,29,30). The number of imidazole rings is 2. The first kappa shape index (κ1) is 20.9. The SMILES string of the molecule is CC(C)c1cn(C)c(=O)n1-c1ccnc(NC2(c3cn(-c4cccc(C5CC5)c4)cn3)CC2)n1. The average molecular weight is 456 g/mol. The van der Waals surface area contributed by atoms with Gasteiger partial charge in [0.1, 0.15) is 5.82 Å². The fourth-order valence-electron chi connectivity index (χ4n) is 4.60. The van der Waals surface area contributed by atoms with Gasteiger partial charge in [-0.2, -0.15) is 4.98 Å². The predicted molar refractivity (Wildman–Crippen MR) is 131 cm³/mol. The molecule has 0 unspecified atom stereocenters. The molecule has 0 spiro atoms. The van der Waals surface area contributed by atoms with E-state index < -0.39 is 0 Å². The zero-order valence-electron chi connectivity index (χ0n) is 19.8. The van der Waals surface area contributed by atoms with E-state index in [1.54, 1.807) is 28.4 Å². The number of aromatic nitrogens is 6. The number of hydrogen-bond donors (Lipinski definition) is 1. The van der Waals surface area contributed by atoms with Gasteiger partial charge in [0, 0.05) is 43.1 Å². The quantitative estimate of drug-likeness (QED) is 0.450. The maximum absolute atomic E-state index is 12.8. The molecule has 0 bridgehead atoms. The molecule has 0 amide bonds. The number of rotatable bonds is 7. The van der Waals surface area contributed by atoms with Crippen LogP contribution in [0.1, 0.15) is 68.3 Å². The number of hydrogen-bond acceptors (Lipinski definition) is 5. The van der Waals surface area contributed by atoms with Crippen molar-refractivity contribution in [2.75, 3.05) is 5.32 Å². The molecule has 1 aromatic carbocycles. The van der Waals surface area contributed by atoms with Gasteiger partial charge in [-0.15, -0.1) is 0 Å². The molecule has 3 heterocycles. The van der Waals surface area contributed by atoms with Crippen molar-refractivity contribution < 1.29 is 0 Å². The van der Waals surface area contributed by atoms with Crippen LogP contribution in [0.2, 0.25) is 0 Å². The Labute approximate surface area is 198 Å². The van der Waals surface area contributed by atoms with Crippen molar-refractivity contribution in [1.29, 1.82) is 0 Å². The van der Waals surface area contributed by atoms with Crippen molar-refractivity contribution >= 4 is 5.95 Å². The van der Waals surface area contributed by atoms with Crippen LogP contribution in [0.3, 0.4) is 0 Å². The van der Waals surface area contributed by atoms with Crippen LogP contribution in [0.25, 0.3) is 11.5 Å². The highest BCUT2D eigenvalue weighted by atomic mass is 16.1. The summed E-state index contributed by atoms with van der Waals surface area (Å²) in [5.74, 6) is 1.99. The normalized spacial score (nSPS) is 16.7. The van der Waals surface area contributed by atoms with Gasteiger partial charge in [-0.25, -0.2) is 19.3 Å². The number of benzene rings is 1. The van der Waals surface area contributed by atoms with E-state index in [0.717, 1.165) is 35.8 Å². The molecule has 4 aromatic rings. The van der Waals surface area contributed by atoms with E-state index in [-0.39, 0.29) is 17.1 Å². The van der Waals surface area contributed by atoms with Crippen LogP contribution in [0.5, 0.6) is 0 Å². The minimum absolute atomic E-state index is 0.110. The summed E-state index contributed by atoms with van der Waals surface area (Å²) in [7, 11) is 1.76. The van der Waals surface area contributed by atoms with Crippen LogP contribution >= 0.6 is 0 Å². The van der Waals surface area contributed by atoms with Crippen molar-refractivity contribution in [2.45, 2.75) is 56.9 Å². The largest absolute Gasteiger partial charge is 0.343 e. The molecule has 2 saturated carbocycles. The lowest BCUT2D eigenvalue weighted by molar-refractivity contribution is 0.740. The van der Waals surface area contributed by atoms with Crippen molar-refractivity contribution in [3.63, 3.8) is 0 Å². The Morgan fingerprint density at radius 1 is 1.12 bits per heavy atom. The zero-order chi connectivity index (χ0) is 23.4. The number of nitrogens with zero attached hydrogens (tertiary/aromatic N) is 6. The smallest absolute Gasteiger partial charge is 0.333 e. The maximum Gasteiger partial charge on any atom is 0.333 e. The molecule has 2 fully saturated rings. The highest BCUT2D eigenvalue weighted by Gasteiger charge is 2.47. The van der Waals surface area contributed by atoms with Crippen molar-refractivity contribution in [3.05, 3.63) is 82.7 Å². The summed E-state index contributed by atoms with van der Waals surface area (Å²) in [6.07, 6.45) is 12.1. The van der Waals surface area contributed by atoms with E-state index in [1.807, 2.05) is 12.5 Å². The van der Waals surface area contributed by atoms with Crippen molar-refractivity contribution in [1.82, 2.24) is 28.7 Å². The summed E-state index contributed by atoms with van der Waals surface area (Å²) in [5.41, 5.74) is 4.07. The minimum atomic E-state index is -0.277. The molecular formula is C26H29N7O. The van der Waals surface area contributed by atoms with Gasteiger partial charge in [0.05, 0.1) is 17.6 Å².